The number of halogens is 1. The summed E-state index contributed by atoms with van der Waals surface area (Å²) in [5, 5.41) is 14.1. The molecular weight excluding hydrogens is 525 g/mol. The lowest BCUT2D eigenvalue weighted by atomic mass is 9.80. The van der Waals surface area contributed by atoms with Gasteiger partial charge in [-0.25, -0.2) is 9.18 Å². The Hall–Kier alpha value is -3.21. The fraction of sp³-hybridized carbons (Fsp3) is 0.514. The quantitative estimate of drug-likeness (QED) is 0.369. The van der Waals surface area contributed by atoms with Crippen LogP contribution in [0.15, 0.2) is 80.0 Å². The molecule has 0 amide bonds. The number of allylic oxidation sites excluding steroid dienone is 13. The van der Waals surface area contributed by atoms with Crippen molar-refractivity contribution in [1.82, 2.24) is 5.16 Å². The lowest BCUT2D eigenvalue weighted by molar-refractivity contribution is -0.133. The highest BCUT2D eigenvalue weighted by Gasteiger charge is 2.33. The number of rotatable bonds is 6. The number of hydrogen-bond acceptors (Lipinski definition) is 3. The van der Waals surface area contributed by atoms with E-state index in [0.29, 0.717) is 24.8 Å². The number of hydrogen-bond donors (Lipinski definition) is 1. The first-order chi connectivity index (χ1) is 20.0. The number of carboxylic acids is 1. The minimum absolute atomic E-state index is 0.168. The largest absolute Gasteiger partial charge is 0.478 e. The smallest absolute Gasteiger partial charge is 0.332 e. The molecule has 1 saturated carbocycles. The van der Waals surface area contributed by atoms with Crippen LogP contribution in [0.3, 0.4) is 0 Å². The Bertz CT molecular complexity index is 1430. The molecule has 1 aromatic rings. The molecule has 0 bridgehead atoms. The molecule has 5 rings (SSSR count). The minimum Gasteiger partial charge on any atom is -0.478 e. The molecule has 0 aliphatic heterocycles. The SMILES string of the molecule is CC1=CC(c2c(C)noc2C)=CC2=C(CC1)C(C1=CC=C(C(=O)O)C(C)C(C)=C1)=CC(CCC1(F)CCCCC1)CC2. The van der Waals surface area contributed by atoms with Gasteiger partial charge in [0.1, 0.15) is 11.4 Å². The van der Waals surface area contributed by atoms with Gasteiger partial charge in [0.05, 0.1) is 5.69 Å². The van der Waals surface area contributed by atoms with Crippen molar-refractivity contribution in [3.8, 4) is 0 Å². The highest BCUT2D eigenvalue weighted by atomic mass is 19.1. The Morgan fingerprint density at radius 2 is 1.79 bits per heavy atom. The maximum absolute atomic E-state index is 15.7. The van der Waals surface area contributed by atoms with E-state index in [1.165, 1.54) is 22.3 Å². The molecule has 4 aliphatic carbocycles. The van der Waals surface area contributed by atoms with Crippen molar-refractivity contribution in [1.29, 1.82) is 0 Å². The van der Waals surface area contributed by atoms with Crippen LogP contribution in [0.5, 0.6) is 0 Å². The number of carboxylic acid groups (broad SMARTS) is 1. The molecule has 0 spiro atoms. The highest BCUT2D eigenvalue weighted by molar-refractivity contribution is 5.88. The van der Waals surface area contributed by atoms with Crippen molar-refractivity contribution in [3.63, 3.8) is 0 Å². The zero-order valence-electron chi connectivity index (χ0n) is 26.0. The van der Waals surface area contributed by atoms with Crippen LogP contribution in [-0.4, -0.2) is 21.9 Å². The molecule has 5 heteroatoms. The van der Waals surface area contributed by atoms with Gasteiger partial charge in [-0.05, 0) is 113 Å². The molecule has 1 heterocycles. The standard InChI is InChI=1S/C37H46FNO3/c1-23-9-13-33-30(22-31(19-23)35-26(4)39-42-27(35)5)11-10-28(15-18-37(38)16-7-6-8-17-37)21-34(33)29-12-14-32(36(40)41)25(3)24(2)20-29/h12,14,19-22,25,28H,6-11,13,15-18H2,1-5H3,(H,40,41). The Labute approximate surface area is 250 Å². The summed E-state index contributed by atoms with van der Waals surface area (Å²) in [7, 11) is 0. The Kier molecular flexibility index (Phi) is 9.05. The summed E-state index contributed by atoms with van der Waals surface area (Å²) in [6, 6.07) is 0. The summed E-state index contributed by atoms with van der Waals surface area (Å²) >= 11 is 0. The summed E-state index contributed by atoms with van der Waals surface area (Å²) in [5.41, 5.74) is 9.64. The van der Waals surface area contributed by atoms with E-state index in [1.807, 2.05) is 33.8 Å². The highest BCUT2D eigenvalue weighted by Crippen LogP contribution is 2.43. The first kappa shape index (κ1) is 30.3. The van der Waals surface area contributed by atoms with E-state index in [-0.39, 0.29) is 11.8 Å². The molecule has 2 atom stereocenters. The van der Waals surface area contributed by atoms with Gasteiger partial charge in [-0.1, -0.05) is 78.9 Å². The molecular formula is C37H46FNO3. The number of aliphatic carboxylic acids is 1. The molecule has 1 fully saturated rings. The van der Waals surface area contributed by atoms with E-state index < -0.39 is 11.6 Å². The van der Waals surface area contributed by atoms with Crippen LogP contribution in [-0.2, 0) is 4.79 Å². The van der Waals surface area contributed by atoms with E-state index in [9.17, 15) is 9.90 Å². The first-order valence-corrected chi connectivity index (χ1v) is 15.8. The van der Waals surface area contributed by atoms with Crippen LogP contribution in [0.4, 0.5) is 4.39 Å². The zero-order valence-corrected chi connectivity index (χ0v) is 26.0. The third-order valence-electron chi connectivity index (χ3n) is 9.97. The van der Waals surface area contributed by atoms with Gasteiger partial charge in [0.25, 0.3) is 0 Å². The topological polar surface area (TPSA) is 63.3 Å². The minimum atomic E-state index is -1.04. The number of alkyl halides is 1. The lowest BCUT2D eigenvalue weighted by Gasteiger charge is -2.30. The molecule has 0 radical (unpaired) electrons. The van der Waals surface area contributed by atoms with Crippen LogP contribution in [0.2, 0.25) is 0 Å². The Morgan fingerprint density at radius 3 is 2.48 bits per heavy atom. The summed E-state index contributed by atoms with van der Waals surface area (Å²) in [5.74, 6) is 0.0304. The van der Waals surface area contributed by atoms with Crippen molar-refractivity contribution in [2.45, 2.75) is 111 Å². The lowest BCUT2D eigenvalue weighted by Crippen LogP contribution is -2.26. The van der Waals surface area contributed by atoms with Crippen molar-refractivity contribution in [2.75, 3.05) is 0 Å². The number of carbonyl (C=O) groups is 1. The van der Waals surface area contributed by atoms with Crippen molar-refractivity contribution in [3.05, 3.63) is 92.5 Å². The fourth-order valence-electron chi connectivity index (χ4n) is 7.26. The van der Waals surface area contributed by atoms with E-state index in [4.69, 9.17) is 4.52 Å². The average molecular weight is 572 g/mol. The Balaban J connectivity index is 1.61. The fourth-order valence-corrected chi connectivity index (χ4v) is 7.26. The summed E-state index contributed by atoms with van der Waals surface area (Å²) < 4.78 is 21.3. The average Bonchev–Trinajstić information content (AvgIpc) is 3.08. The van der Waals surface area contributed by atoms with E-state index in [1.54, 1.807) is 6.08 Å². The monoisotopic (exact) mass is 571 g/mol. The van der Waals surface area contributed by atoms with Crippen molar-refractivity contribution < 1.29 is 18.8 Å². The molecule has 1 N–H and O–H groups in total. The van der Waals surface area contributed by atoms with Crippen LogP contribution in [0.25, 0.3) is 5.57 Å². The van der Waals surface area contributed by atoms with Gasteiger partial charge in [-0.2, -0.15) is 0 Å². The summed E-state index contributed by atoms with van der Waals surface area (Å²) in [6.07, 6.45) is 22.6. The molecule has 0 saturated heterocycles. The molecule has 0 aromatic carbocycles. The van der Waals surface area contributed by atoms with Gasteiger partial charge in [0.15, 0.2) is 0 Å². The second kappa shape index (κ2) is 12.6. The number of aryl methyl sites for hydroxylation is 2. The third-order valence-corrected chi connectivity index (χ3v) is 9.97. The molecule has 4 aliphatic rings. The van der Waals surface area contributed by atoms with Gasteiger partial charge < -0.3 is 9.63 Å². The second-order valence-corrected chi connectivity index (χ2v) is 13.1. The van der Waals surface area contributed by atoms with E-state index in [2.05, 4.69) is 36.4 Å². The third kappa shape index (κ3) is 6.55. The van der Waals surface area contributed by atoms with Crippen LogP contribution in [0, 0.1) is 25.7 Å². The van der Waals surface area contributed by atoms with Gasteiger partial charge in [0.2, 0.25) is 0 Å². The van der Waals surface area contributed by atoms with E-state index in [0.717, 1.165) is 85.1 Å². The maximum atomic E-state index is 15.7. The molecule has 1 aromatic heterocycles. The molecule has 2 unspecified atom stereocenters. The molecule has 42 heavy (non-hydrogen) atoms. The Morgan fingerprint density at radius 1 is 1.02 bits per heavy atom. The second-order valence-electron chi connectivity index (χ2n) is 13.1. The van der Waals surface area contributed by atoms with Gasteiger partial charge in [-0.15, -0.1) is 0 Å². The van der Waals surface area contributed by atoms with E-state index >= 15 is 4.39 Å². The number of nitrogens with zero attached hydrogens (tertiary/aromatic N) is 1. The van der Waals surface area contributed by atoms with Gasteiger partial charge in [0, 0.05) is 17.1 Å². The summed E-state index contributed by atoms with van der Waals surface area (Å²) in [6.45, 7) is 10.1. The summed E-state index contributed by atoms with van der Waals surface area (Å²) in [4.78, 5) is 12.1. The van der Waals surface area contributed by atoms with Crippen molar-refractivity contribution in [2.24, 2.45) is 11.8 Å². The number of aromatic nitrogens is 1. The predicted molar refractivity (Wildman–Crippen MR) is 168 cm³/mol. The van der Waals surface area contributed by atoms with Crippen LogP contribution >= 0.6 is 0 Å². The van der Waals surface area contributed by atoms with Crippen molar-refractivity contribution >= 4 is 11.5 Å². The van der Waals surface area contributed by atoms with Crippen LogP contribution in [0.1, 0.15) is 108 Å². The van der Waals surface area contributed by atoms with Gasteiger partial charge >= 0.3 is 5.97 Å². The zero-order chi connectivity index (χ0) is 30.0. The molecule has 4 nitrogen and oxygen atoms in total. The molecule has 224 valence electrons. The first-order valence-electron chi connectivity index (χ1n) is 15.8. The normalized spacial score (nSPS) is 24.9. The van der Waals surface area contributed by atoms with Crippen LogP contribution < -0.4 is 0 Å². The van der Waals surface area contributed by atoms with Gasteiger partial charge in [-0.3, -0.25) is 0 Å². The maximum Gasteiger partial charge on any atom is 0.332 e. The predicted octanol–water partition coefficient (Wildman–Crippen LogP) is 10.0.